The highest BCUT2D eigenvalue weighted by Crippen LogP contribution is 2.43. The molecule has 3 nitrogen and oxygen atoms in total. The van der Waals surface area contributed by atoms with E-state index >= 15 is 0 Å². The van der Waals surface area contributed by atoms with Crippen LogP contribution in [0.15, 0.2) is 48.7 Å². The average Bonchev–Trinajstić information content (AvgIpc) is 2.99. The van der Waals surface area contributed by atoms with Crippen LogP contribution >= 0.6 is 23.2 Å². The Labute approximate surface area is 144 Å². The van der Waals surface area contributed by atoms with Gasteiger partial charge in [0.1, 0.15) is 5.75 Å². The molecule has 2 N–H and O–H groups in total. The molecule has 0 spiro atoms. The maximum atomic E-state index is 10.4. The zero-order chi connectivity index (χ0) is 16.1. The van der Waals surface area contributed by atoms with Crippen LogP contribution in [0.1, 0.15) is 22.9 Å². The molecule has 0 fully saturated rings. The highest BCUT2D eigenvalue weighted by molar-refractivity contribution is 6.35. The lowest BCUT2D eigenvalue weighted by Crippen LogP contribution is -2.22. The van der Waals surface area contributed by atoms with Gasteiger partial charge in [-0.1, -0.05) is 29.3 Å². The first-order valence-corrected chi connectivity index (χ1v) is 8.03. The quantitative estimate of drug-likeness (QED) is 0.627. The summed E-state index contributed by atoms with van der Waals surface area (Å²) in [6, 6.07) is 13.3. The molecule has 0 saturated carbocycles. The van der Waals surface area contributed by atoms with Crippen molar-refractivity contribution in [3.63, 3.8) is 0 Å². The molecule has 1 atom stereocenters. The third kappa shape index (κ3) is 2.28. The second kappa shape index (κ2) is 5.22. The number of aromatic hydroxyl groups is 1. The summed E-state index contributed by atoms with van der Waals surface area (Å²) in [5.41, 5.74) is 4.94. The maximum absolute atomic E-state index is 10.4. The topological polar surface area (TPSA) is 37.2 Å². The van der Waals surface area contributed by atoms with E-state index in [4.69, 9.17) is 23.2 Å². The van der Waals surface area contributed by atoms with E-state index in [2.05, 4.69) is 35.0 Å². The second-order valence-electron chi connectivity index (χ2n) is 5.73. The van der Waals surface area contributed by atoms with Crippen LogP contribution in [0.3, 0.4) is 0 Å². The molecule has 0 aliphatic carbocycles. The summed E-state index contributed by atoms with van der Waals surface area (Å²) in [6.45, 7) is 2.05. The molecule has 0 bridgehead atoms. The SMILES string of the molecule is Cc1ccc2c(c1)N[C@@H](c1cc(Cl)cc(Cl)c1O)c1cccn1-2. The van der Waals surface area contributed by atoms with Crippen LogP contribution in [0, 0.1) is 6.92 Å². The van der Waals surface area contributed by atoms with Crippen molar-refractivity contribution < 1.29 is 5.11 Å². The van der Waals surface area contributed by atoms with Crippen LogP contribution in [0.5, 0.6) is 5.75 Å². The number of hydrogen-bond donors (Lipinski definition) is 2. The number of benzene rings is 2. The van der Waals surface area contributed by atoms with E-state index in [0.717, 1.165) is 17.1 Å². The third-order valence-electron chi connectivity index (χ3n) is 4.16. The van der Waals surface area contributed by atoms with Crippen molar-refractivity contribution >= 4 is 28.9 Å². The van der Waals surface area contributed by atoms with Gasteiger partial charge in [0.25, 0.3) is 0 Å². The van der Waals surface area contributed by atoms with Gasteiger partial charge in [0.15, 0.2) is 0 Å². The normalized spacial score (nSPS) is 15.7. The van der Waals surface area contributed by atoms with Crippen molar-refractivity contribution in [2.75, 3.05) is 5.32 Å². The van der Waals surface area contributed by atoms with Crippen LogP contribution in [-0.2, 0) is 0 Å². The number of rotatable bonds is 1. The van der Waals surface area contributed by atoms with Gasteiger partial charge in [-0.2, -0.15) is 0 Å². The molecule has 0 amide bonds. The molecular formula is C18H14Cl2N2O. The van der Waals surface area contributed by atoms with Crippen LogP contribution in [0.25, 0.3) is 5.69 Å². The Hall–Kier alpha value is -2.10. The molecule has 0 radical (unpaired) electrons. The van der Waals surface area contributed by atoms with Crippen molar-refractivity contribution in [1.29, 1.82) is 0 Å². The van der Waals surface area contributed by atoms with E-state index in [1.807, 2.05) is 18.3 Å². The molecular weight excluding hydrogens is 331 g/mol. The molecule has 2 aromatic carbocycles. The molecule has 3 aromatic rings. The molecule has 116 valence electrons. The number of hydrogen-bond acceptors (Lipinski definition) is 2. The van der Waals surface area contributed by atoms with Crippen LogP contribution in [0.4, 0.5) is 5.69 Å². The Balaban J connectivity index is 1.93. The summed E-state index contributed by atoms with van der Waals surface area (Å²) in [5.74, 6) is 0.0532. The van der Waals surface area contributed by atoms with E-state index in [1.165, 1.54) is 5.56 Å². The van der Waals surface area contributed by atoms with Crippen LogP contribution in [-0.4, -0.2) is 9.67 Å². The number of phenolic OH excluding ortho intramolecular Hbond substituents is 1. The summed E-state index contributed by atoms with van der Waals surface area (Å²) in [7, 11) is 0. The minimum absolute atomic E-state index is 0.0532. The number of aryl methyl sites for hydroxylation is 1. The number of phenols is 1. The maximum Gasteiger partial charge on any atom is 0.139 e. The zero-order valence-corrected chi connectivity index (χ0v) is 13.9. The summed E-state index contributed by atoms with van der Waals surface area (Å²) < 4.78 is 2.12. The highest BCUT2D eigenvalue weighted by Gasteiger charge is 2.28. The fourth-order valence-electron chi connectivity index (χ4n) is 3.10. The monoisotopic (exact) mass is 344 g/mol. The van der Waals surface area contributed by atoms with Gasteiger partial charge in [0, 0.05) is 22.5 Å². The summed E-state index contributed by atoms with van der Waals surface area (Å²) in [5, 5.41) is 14.6. The molecule has 0 saturated heterocycles. The lowest BCUT2D eigenvalue weighted by Gasteiger charge is -2.30. The predicted molar refractivity (Wildman–Crippen MR) is 94.1 cm³/mol. The lowest BCUT2D eigenvalue weighted by molar-refractivity contribution is 0.466. The van der Waals surface area contributed by atoms with E-state index in [-0.39, 0.29) is 16.8 Å². The molecule has 0 unspecified atom stereocenters. The number of fused-ring (bicyclic) bond motifs is 3. The van der Waals surface area contributed by atoms with Crippen molar-refractivity contribution in [3.05, 3.63) is 75.5 Å². The smallest absolute Gasteiger partial charge is 0.139 e. The fraction of sp³-hybridized carbons (Fsp3) is 0.111. The van der Waals surface area contributed by atoms with Crippen LogP contribution in [0.2, 0.25) is 10.0 Å². The molecule has 5 heteroatoms. The number of halogens is 2. The molecule has 2 heterocycles. The number of aromatic nitrogens is 1. The number of nitrogens with one attached hydrogen (secondary N) is 1. The van der Waals surface area contributed by atoms with Crippen molar-refractivity contribution in [3.8, 4) is 11.4 Å². The van der Waals surface area contributed by atoms with Gasteiger partial charge in [-0.25, -0.2) is 0 Å². The summed E-state index contributed by atoms with van der Waals surface area (Å²) >= 11 is 12.2. The largest absolute Gasteiger partial charge is 0.506 e. The molecule has 1 aliphatic rings. The van der Waals surface area contributed by atoms with Gasteiger partial charge in [-0.05, 0) is 48.9 Å². The zero-order valence-electron chi connectivity index (χ0n) is 12.3. The summed E-state index contributed by atoms with van der Waals surface area (Å²) in [4.78, 5) is 0. The fourth-order valence-corrected chi connectivity index (χ4v) is 3.61. The van der Waals surface area contributed by atoms with E-state index < -0.39 is 0 Å². The number of nitrogens with zero attached hydrogens (tertiary/aromatic N) is 1. The van der Waals surface area contributed by atoms with Crippen molar-refractivity contribution in [1.82, 2.24) is 4.57 Å². The van der Waals surface area contributed by atoms with E-state index in [1.54, 1.807) is 12.1 Å². The third-order valence-corrected chi connectivity index (χ3v) is 4.66. The Kier molecular flexibility index (Phi) is 3.29. The van der Waals surface area contributed by atoms with Gasteiger partial charge in [0.05, 0.1) is 22.4 Å². The van der Waals surface area contributed by atoms with Gasteiger partial charge >= 0.3 is 0 Å². The predicted octanol–water partition coefficient (Wildman–Crippen LogP) is 5.31. The Bertz CT molecular complexity index is 917. The first kappa shape index (κ1) is 14.5. The number of anilines is 1. The lowest BCUT2D eigenvalue weighted by atomic mass is 9.99. The highest BCUT2D eigenvalue weighted by atomic mass is 35.5. The minimum atomic E-state index is -0.226. The van der Waals surface area contributed by atoms with Gasteiger partial charge in [0.2, 0.25) is 0 Å². The van der Waals surface area contributed by atoms with E-state index in [9.17, 15) is 5.11 Å². The van der Waals surface area contributed by atoms with Crippen molar-refractivity contribution in [2.45, 2.75) is 13.0 Å². The first-order valence-electron chi connectivity index (χ1n) is 7.27. The van der Waals surface area contributed by atoms with E-state index in [0.29, 0.717) is 10.6 Å². The van der Waals surface area contributed by atoms with Gasteiger partial charge < -0.3 is 15.0 Å². The Morgan fingerprint density at radius 2 is 1.96 bits per heavy atom. The second-order valence-corrected chi connectivity index (χ2v) is 6.57. The van der Waals surface area contributed by atoms with Gasteiger partial charge in [-0.3, -0.25) is 0 Å². The molecule has 23 heavy (non-hydrogen) atoms. The first-order chi connectivity index (χ1) is 11.0. The Morgan fingerprint density at radius 1 is 1.13 bits per heavy atom. The molecule has 1 aliphatic heterocycles. The van der Waals surface area contributed by atoms with Crippen LogP contribution < -0.4 is 5.32 Å². The van der Waals surface area contributed by atoms with Gasteiger partial charge in [-0.15, -0.1) is 0 Å². The Morgan fingerprint density at radius 3 is 2.78 bits per heavy atom. The minimum Gasteiger partial charge on any atom is -0.506 e. The summed E-state index contributed by atoms with van der Waals surface area (Å²) in [6.07, 6.45) is 2.01. The molecule has 4 rings (SSSR count). The molecule has 1 aromatic heterocycles. The average molecular weight is 345 g/mol. The van der Waals surface area contributed by atoms with Crippen molar-refractivity contribution in [2.24, 2.45) is 0 Å². The standard InChI is InChI=1S/C18H14Cl2N2O/c1-10-4-5-15-14(7-10)21-17(16-3-2-6-22(15)16)12-8-11(19)9-13(20)18(12)23/h2-9,17,21,23H,1H3/t17-/m0/s1.